The number of carboxylic acid groups (broad SMARTS) is 1. The summed E-state index contributed by atoms with van der Waals surface area (Å²) in [7, 11) is 0. The number of aryl methyl sites for hydroxylation is 2. The zero-order valence-corrected chi connectivity index (χ0v) is 16.5. The number of carbonyl (C=O) groups is 1. The summed E-state index contributed by atoms with van der Waals surface area (Å²) in [6.45, 7) is 4.63. The van der Waals surface area contributed by atoms with Gasteiger partial charge in [-0.2, -0.15) is 0 Å². The minimum absolute atomic E-state index is 0.0123. The fourth-order valence-corrected chi connectivity index (χ4v) is 4.00. The van der Waals surface area contributed by atoms with Crippen LogP contribution in [0.4, 0.5) is 0 Å². The first-order valence-electron chi connectivity index (χ1n) is 8.97. The van der Waals surface area contributed by atoms with Crippen molar-refractivity contribution < 1.29 is 14.6 Å². The van der Waals surface area contributed by atoms with Crippen molar-refractivity contribution in [2.45, 2.75) is 26.9 Å². The molecular weight excluding hydrogens is 372 g/mol. The number of rotatable bonds is 6. The lowest BCUT2D eigenvalue weighted by molar-refractivity contribution is -0.136. The summed E-state index contributed by atoms with van der Waals surface area (Å²) in [5, 5.41) is 8.97. The molecule has 4 aromatic rings. The van der Waals surface area contributed by atoms with Gasteiger partial charge in [-0.3, -0.25) is 9.20 Å². The molecule has 6 heteroatoms. The maximum Gasteiger partial charge on any atom is 0.308 e. The number of ether oxygens (including phenoxy) is 1. The third-order valence-electron chi connectivity index (χ3n) is 4.64. The Morgan fingerprint density at radius 1 is 1.14 bits per heavy atom. The molecule has 0 atom stereocenters. The van der Waals surface area contributed by atoms with E-state index in [4.69, 9.17) is 14.8 Å². The molecule has 142 valence electrons. The van der Waals surface area contributed by atoms with E-state index < -0.39 is 5.97 Å². The highest BCUT2D eigenvalue weighted by Crippen LogP contribution is 2.34. The van der Waals surface area contributed by atoms with Gasteiger partial charge in [0, 0.05) is 22.8 Å². The first-order chi connectivity index (χ1) is 13.5. The molecule has 0 saturated heterocycles. The van der Waals surface area contributed by atoms with Gasteiger partial charge < -0.3 is 9.84 Å². The summed E-state index contributed by atoms with van der Waals surface area (Å²) in [6, 6.07) is 14.2. The number of fused-ring (bicyclic) bond motifs is 1. The highest BCUT2D eigenvalue weighted by atomic mass is 32.1. The van der Waals surface area contributed by atoms with Crippen molar-refractivity contribution >= 4 is 22.3 Å². The van der Waals surface area contributed by atoms with Crippen LogP contribution in [0.2, 0.25) is 0 Å². The van der Waals surface area contributed by atoms with E-state index in [1.165, 1.54) is 16.9 Å². The van der Waals surface area contributed by atoms with Crippen LogP contribution in [0.15, 0.2) is 54.9 Å². The number of thiazole rings is 1. The van der Waals surface area contributed by atoms with Crippen molar-refractivity contribution in [1.82, 2.24) is 9.38 Å². The third kappa shape index (κ3) is 3.77. The molecule has 1 N–H and O–H groups in total. The smallest absolute Gasteiger partial charge is 0.308 e. The number of aromatic nitrogens is 2. The average Bonchev–Trinajstić information content (AvgIpc) is 3.21. The molecule has 0 amide bonds. The zero-order chi connectivity index (χ0) is 19.7. The normalized spacial score (nSPS) is 11.1. The molecule has 2 aromatic heterocycles. The van der Waals surface area contributed by atoms with Gasteiger partial charge in [0.15, 0.2) is 4.96 Å². The van der Waals surface area contributed by atoms with Crippen LogP contribution in [-0.2, 0) is 17.8 Å². The van der Waals surface area contributed by atoms with E-state index in [0.717, 1.165) is 38.0 Å². The Morgan fingerprint density at radius 2 is 1.89 bits per heavy atom. The number of hydrogen-bond donors (Lipinski definition) is 1. The highest BCUT2D eigenvalue weighted by molar-refractivity contribution is 7.17. The van der Waals surface area contributed by atoms with E-state index in [-0.39, 0.29) is 6.42 Å². The summed E-state index contributed by atoms with van der Waals surface area (Å²) >= 11 is 1.39. The Balaban J connectivity index is 1.67. The van der Waals surface area contributed by atoms with Gasteiger partial charge in [0.2, 0.25) is 0 Å². The van der Waals surface area contributed by atoms with Gasteiger partial charge in [-0.25, -0.2) is 4.98 Å². The molecule has 0 aliphatic carbocycles. The van der Waals surface area contributed by atoms with Crippen LogP contribution in [0, 0.1) is 13.8 Å². The van der Waals surface area contributed by atoms with Gasteiger partial charge in [0.05, 0.1) is 12.1 Å². The first-order valence-corrected chi connectivity index (χ1v) is 9.79. The van der Waals surface area contributed by atoms with E-state index in [0.29, 0.717) is 6.61 Å². The van der Waals surface area contributed by atoms with Crippen LogP contribution < -0.4 is 4.74 Å². The van der Waals surface area contributed by atoms with Gasteiger partial charge in [0.1, 0.15) is 12.4 Å². The number of nitrogens with zero attached hydrogens (tertiary/aromatic N) is 2. The first kappa shape index (κ1) is 18.3. The van der Waals surface area contributed by atoms with Crippen LogP contribution in [0.3, 0.4) is 0 Å². The molecular formula is C22H20N2O3S. The lowest BCUT2D eigenvalue weighted by Crippen LogP contribution is -1.98. The second-order valence-corrected chi connectivity index (χ2v) is 7.88. The van der Waals surface area contributed by atoms with Gasteiger partial charge in [-0.05, 0) is 42.7 Å². The second kappa shape index (κ2) is 7.48. The lowest BCUT2D eigenvalue weighted by atomic mass is 10.0. The Morgan fingerprint density at radius 3 is 2.61 bits per heavy atom. The number of imidazole rings is 1. The molecule has 0 fully saturated rings. The molecule has 28 heavy (non-hydrogen) atoms. The predicted molar refractivity (Wildman–Crippen MR) is 110 cm³/mol. The quantitative estimate of drug-likeness (QED) is 0.508. The van der Waals surface area contributed by atoms with Gasteiger partial charge in [-0.15, -0.1) is 11.3 Å². The van der Waals surface area contributed by atoms with Crippen LogP contribution in [0.25, 0.3) is 16.2 Å². The van der Waals surface area contributed by atoms with Gasteiger partial charge in [-0.1, -0.05) is 30.3 Å². The minimum atomic E-state index is -0.838. The summed E-state index contributed by atoms with van der Waals surface area (Å²) in [5.74, 6) is -0.0426. The van der Waals surface area contributed by atoms with Crippen LogP contribution in [0.5, 0.6) is 5.75 Å². The van der Waals surface area contributed by atoms with Crippen LogP contribution in [0.1, 0.15) is 21.6 Å². The predicted octanol–water partition coefficient (Wildman–Crippen LogP) is 4.89. The lowest BCUT2D eigenvalue weighted by Gasteiger charge is -2.13. The maximum absolute atomic E-state index is 10.9. The van der Waals surface area contributed by atoms with E-state index in [1.54, 1.807) is 0 Å². The summed E-state index contributed by atoms with van der Waals surface area (Å²) < 4.78 is 8.02. The largest absolute Gasteiger partial charge is 0.488 e. The number of aliphatic carboxylic acids is 1. The zero-order valence-electron chi connectivity index (χ0n) is 15.7. The summed E-state index contributed by atoms with van der Waals surface area (Å²) in [6.07, 6.45) is 3.77. The van der Waals surface area contributed by atoms with E-state index in [1.807, 2.05) is 47.1 Å². The number of hydrogen-bond acceptors (Lipinski definition) is 4. The Kier molecular flexibility index (Phi) is 4.88. The fourth-order valence-electron chi connectivity index (χ4n) is 3.05. The molecule has 0 bridgehead atoms. The van der Waals surface area contributed by atoms with Crippen LogP contribution >= 0.6 is 11.3 Å². The Hall–Kier alpha value is -3.12. The molecule has 0 aliphatic rings. The Labute approximate surface area is 166 Å². The number of benzene rings is 2. The fraction of sp³-hybridized carbons (Fsp3) is 0.182. The SMILES string of the molecule is Cc1cc(OCc2ccccc2)c(-c2cn3cc(CC(=O)O)sc3n2)cc1C. The topological polar surface area (TPSA) is 63.8 Å². The average molecular weight is 392 g/mol. The van der Waals surface area contributed by atoms with Crippen molar-refractivity contribution in [3.8, 4) is 17.0 Å². The monoisotopic (exact) mass is 392 g/mol. The molecule has 0 saturated carbocycles. The maximum atomic E-state index is 10.9. The third-order valence-corrected chi connectivity index (χ3v) is 5.63. The van der Waals surface area contributed by atoms with Gasteiger partial charge >= 0.3 is 5.97 Å². The summed E-state index contributed by atoms with van der Waals surface area (Å²) in [4.78, 5) is 17.2. The number of carboxylic acids is 1. The molecule has 0 unspecified atom stereocenters. The van der Waals surface area contributed by atoms with Crippen molar-refractivity contribution in [3.63, 3.8) is 0 Å². The molecule has 0 radical (unpaired) electrons. The molecule has 2 aromatic carbocycles. The van der Waals surface area contributed by atoms with Crippen molar-refractivity contribution in [3.05, 3.63) is 76.4 Å². The molecule has 0 spiro atoms. The molecule has 4 rings (SSSR count). The molecule has 5 nitrogen and oxygen atoms in total. The van der Waals surface area contributed by atoms with E-state index in [2.05, 4.69) is 26.0 Å². The molecule has 2 heterocycles. The van der Waals surface area contributed by atoms with Crippen molar-refractivity contribution in [2.75, 3.05) is 0 Å². The Bertz CT molecular complexity index is 1110. The minimum Gasteiger partial charge on any atom is -0.488 e. The van der Waals surface area contributed by atoms with Crippen molar-refractivity contribution in [1.29, 1.82) is 0 Å². The molecule has 0 aliphatic heterocycles. The van der Waals surface area contributed by atoms with Crippen molar-refractivity contribution in [2.24, 2.45) is 0 Å². The van der Waals surface area contributed by atoms with E-state index in [9.17, 15) is 4.79 Å². The van der Waals surface area contributed by atoms with Crippen LogP contribution in [-0.4, -0.2) is 20.5 Å². The summed E-state index contributed by atoms with van der Waals surface area (Å²) in [5.41, 5.74) is 5.20. The second-order valence-electron chi connectivity index (χ2n) is 6.79. The van der Waals surface area contributed by atoms with E-state index >= 15 is 0 Å². The van der Waals surface area contributed by atoms with Gasteiger partial charge in [0.25, 0.3) is 0 Å². The standard InChI is InChI=1S/C22H20N2O3S/c1-14-8-18(19-12-24-11-17(10-21(25)26)28-22(24)23-19)20(9-15(14)2)27-13-16-6-4-3-5-7-16/h3-9,11-12H,10,13H2,1-2H3,(H,25,26). The highest BCUT2D eigenvalue weighted by Gasteiger charge is 2.15.